The summed E-state index contributed by atoms with van der Waals surface area (Å²) in [5.74, 6) is 6.40. The van der Waals surface area contributed by atoms with Gasteiger partial charge in [-0.25, -0.2) is 4.79 Å². The van der Waals surface area contributed by atoms with E-state index in [1.54, 1.807) is 11.0 Å². The van der Waals surface area contributed by atoms with E-state index in [4.69, 9.17) is 4.74 Å². The van der Waals surface area contributed by atoms with Crippen LogP contribution in [0.5, 0.6) is 0 Å². The summed E-state index contributed by atoms with van der Waals surface area (Å²) >= 11 is 0. The Kier molecular flexibility index (Phi) is 6.73. The summed E-state index contributed by atoms with van der Waals surface area (Å²) in [4.78, 5) is 16.2. The molecule has 2 unspecified atom stereocenters. The van der Waals surface area contributed by atoms with Crippen LogP contribution in [-0.4, -0.2) is 71.4 Å². The van der Waals surface area contributed by atoms with Gasteiger partial charge in [-0.15, -0.1) is 0 Å². The molecular formula is C17H27BN2O4. The lowest BCUT2D eigenvalue weighted by Gasteiger charge is -2.37. The van der Waals surface area contributed by atoms with Crippen LogP contribution in [0.15, 0.2) is 11.5 Å². The first-order chi connectivity index (χ1) is 11.4. The average Bonchev–Trinajstić information content (AvgIpc) is 2.81. The predicted octanol–water partition coefficient (Wildman–Crippen LogP) is 0.889. The van der Waals surface area contributed by atoms with Gasteiger partial charge >= 0.3 is 13.2 Å². The van der Waals surface area contributed by atoms with Crippen molar-refractivity contribution in [2.24, 2.45) is 5.92 Å². The molecular weight excluding hydrogens is 307 g/mol. The molecule has 1 aliphatic heterocycles. The first kappa shape index (κ1) is 18.8. The first-order valence-corrected chi connectivity index (χ1v) is 8.64. The number of hydrogen-bond donors (Lipinski definition) is 2. The lowest BCUT2D eigenvalue weighted by molar-refractivity contribution is 0.0336. The molecule has 1 fully saturated rings. The fourth-order valence-corrected chi connectivity index (χ4v) is 2.74. The largest absolute Gasteiger partial charge is 0.484 e. The van der Waals surface area contributed by atoms with Crippen molar-refractivity contribution in [3.05, 3.63) is 11.5 Å². The second-order valence-corrected chi connectivity index (χ2v) is 6.79. The van der Waals surface area contributed by atoms with Gasteiger partial charge in [-0.3, -0.25) is 4.90 Å². The smallest absolute Gasteiger partial charge is 0.446 e. The van der Waals surface area contributed by atoms with Crippen LogP contribution in [0, 0.1) is 17.8 Å². The number of nitrogens with zero attached hydrogens (tertiary/aromatic N) is 2. The normalized spacial score (nSPS) is 23.0. The predicted molar refractivity (Wildman–Crippen MR) is 93.0 cm³/mol. The molecule has 1 aliphatic carbocycles. The van der Waals surface area contributed by atoms with Crippen LogP contribution in [0.3, 0.4) is 0 Å². The molecule has 2 atom stereocenters. The Morgan fingerprint density at radius 1 is 1.29 bits per heavy atom. The summed E-state index contributed by atoms with van der Waals surface area (Å²) in [5, 5.41) is 18.5. The van der Waals surface area contributed by atoms with Crippen molar-refractivity contribution in [2.45, 2.75) is 45.8 Å². The highest BCUT2D eigenvalue weighted by molar-refractivity contribution is 6.50. The van der Waals surface area contributed by atoms with Crippen molar-refractivity contribution in [1.29, 1.82) is 0 Å². The number of piperazine rings is 1. The summed E-state index contributed by atoms with van der Waals surface area (Å²) in [6.07, 6.45) is 2.65. The van der Waals surface area contributed by atoms with E-state index < -0.39 is 7.12 Å². The molecule has 0 aromatic carbocycles. The Morgan fingerprint density at radius 3 is 2.54 bits per heavy atom. The zero-order valence-electron chi connectivity index (χ0n) is 14.7. The third kappa shape index (κ3) is 5.00. The van der Waals surface area contributed by atoms with Crippen LogP contribution >= 0.6 is 0 Å². The number of allylic oxidation sites excluding steroid dienone is 2. The second kappa shape index (κ2) is 8.56. The molecule has 0 spiro atoms. The van der Waals surface area contributed by atoms with Gasteiger partial charge < -0.3 is 19.7 Å². The Morgan fingerprint density at radius 2 is 1.96 bits per heavy atom. The van der Waals surface area contributed by atoms with Crippen LogP contribution in [0.2, 0.25) is 0 Å². The van der Waals surface area contributed by atoms with Crippen molar-refractivity contribution in [3.63, 3.8) is 0 Å². The van der Waals surface area contributed by atoms with E-state index in [-0.39, 0.29) is 18.2 Å². The van der Waals surface area contributed by atoms with Crippen molar-refractivity contribution in [3.8, 4) is 11.8 Å². The molecule has 7 heteroatoms. The number of carbonyl (C=O) groups is 1. The molecule has 0 aromatic rings. The molecule has 1 heterocycles. The van der Waals surface area contributed by atoms with Gasteiger partial charge in [0.15, 0.2) is 0 Å². The van der Waals surface area contributed by atoms with E-state index in [0.29, 0.717) is 30.9 Å². The highest BCUT2D eigenvalue weighted by atomic mass is 16.6. The minimum absolute atomic E-state index is 0.0855. The van der Waals surface area contributed by atoms with Crippen molar-refractivity contribution >= 4 is 13.2 Å². The summed E-state index contributed by atoms with van der Waals surface area (Å²) in [5.41, 5.74) is 0.565. The van der Waals surface area contributed by atoms with E-state index in [1.807, 2.05) is 20.8 Å². The van der Waals surface area contributed by atoms with Gasteiger partial charge in [-0.1, -0.05) is 25.7 Å². The standard InChI is InChI=1S/C17H27BN2O4/c1-13(2)14(3)24-17(21)20-11-9-19(10-12-20)16-6-4-5-15(7-8-16)18(22)23/h5,13-14,16,22-23H,7-12H2,1-3H3. The topological polar surface area (TPSA) is 73.2 Å². The van der Waals surface area contributed by atoms with E-state index >= 15 is 0 Å². The van der Waals surface area contributed by atoms with Gasteiger partial charge in [0.1, 0.15) is 6.10 Å². The minimum atomic E-state index is -1.42. The zero-order valence-corrected chi connectivity index (χ0v) is 14.7. The van der Waals surface area contributed by atoms with E-state index in [2.05, 4.69) is 16.7 Å². The molecule has 1 saturated heterocycles. The van der Waals surface area contributed by atoms with Crippen LogP contribution in [0.1, 0.15) is 33.6 Å². The van der Waals surface area contributed by atoms with Crippen molar-refractivity contribution < 1.29 is 19.6 Å². The third-order valence-electron chi connectivity index (χ3n) is 4.78. The molecule has 2 rings (SSSR count). The molecule has 2 N–H and O–H groups in total. The molecule has 0 bridgehead atoms. The van der Waals surface area contributed by atoms with Crippen LogP contribution in [0.4, 0.5) is 4.79 Å². The van der Waals surface area contributed by atoms with Gasteiger partial charge in [0.25, 0.3) is 0 Å². The quantitative estimate of drug-likeness (QED) is 0.590. The van der Waals surface area contributed by atoms with E-state index in [9.17, 15) is 14.8 Å². The van der Waals surface area contributed by atoms with Crippen LogP contribution < -0.4 is 0 Å². The zero-order chi connectivity index (χ0) is 17.7. The Bertz CT molecular complexity index is 530. The van der Waals surface area contributed by atoms with Crippen LogP contribution in [-0.2, 0) is 4.74 Å². The Labute approximate surface area is 144 Å². The molecule has 1 amide bonds. The average molecular weight is 334 g/mol. The van der Waals surface area contributed by atoms with Crippen molar-refractivity contribution in [1.82, 2.24) is 9.80 Å². The summed E-state index contributed by atoms with van der Waals surface area (Å²) in [6.45, 7) is 8.75. The summed E-state index contributed by atoms with van der Waals surface area (Å²) in [7, 11) is -1.42. The van der Waals surface area contributed by atoms with Gasteiger partial charge in [-0.2, -0.15) is 0 Å². The molecule has 0 aromatic heterocycles. The fourth-order valence-electron chi connectivity index (χ4n) is 2.74. The van der Waals surface area contributed by atoms with E-state index in [1.165, 1.54) is 0 Å². The van der Waals surface area contributed by atoms with Gasteiger partial charge in [-0.05, 0) is 37.2 Å². The maximum Gasteiger partial charge on any atom is 0.484 e. The molecule has 24 heavy (non-hydrogen) atoms. The maximum atomic E-state index is 12.2. The summed E-state index contributed by atoms with van der Waals surface area (Å²) < 4.78 is 5.47. The van der Waals surface area contributed by atoms with Gasteiger partial charge in [0, 0.05) is 26.2 Å². The molecule has 0 saturated carbocycles. The maximum absolute atomic E-state index is 12.2. The molecule has 6 nitrogen and oxygen atoms in total. The summed E-state index contributed by atoms with van der Waals surface area (Å²) in [6, 6.07) is 0.0882. The number of amides is 1. The van der Waals surface area contributed by atoms with E-state index in [0.717, 1.165) is 19.5 Å². The molecule has 132 valence electrons. The third-order valence-corrected chi connectivity index (χ3v) is 4.78. The number of hydrogen-bond acceptors (Lipinski definition) is 5. The second-order valence-electron chi connectivity index (χ2n) is 6.79. The first-order valence-electron chi connectivity index (χ1n) is 8.64. The monoisotopic (exact) mass is 334 g/mol. The fraction of sp³-hybridized carbons (Fsp3) is 0.706. The van der Waals surface area contributed by atoms with Crippen LogP contribution in [0.25, 0.3) is 0 Å². The number of carbonyl (C=O) groups excluding carboxylic acids is 1. The van der Waals surface area contributed by atoms with Crippen molar-refractivity contribution in [2.75, 3.05) is 26.2 Å². The minimum Gasteiger partial charge on any atom is -0.446 e. The van der Waals surface area contributed by atoms with Gasteiger partial charge in [0.2, 0.25) is 0 Å². The Balaban J connectivity index is 1.82. The highest BCUT2D eigenvalue weighted by Crippen LogP contribution is 2.18. The molecule has 0 radical (unpaired) electrons. The highest BCUT2D eigenvalue weighted by Gasteiger charge is 2.28. The van der Waals surface area contributed by atoms with Gasteiger partial charge in [0.05, 0.1) is 6.04 Å². The lowest BCUT2D eigenvalue weighted by atomic mass is 9.76. The number of rotatable bonds is 4. The Hall–Kier alpha value is -1.49. The molecule has 2 aliphatic rings. The lowest BCUT2D eigenvalue weighted by Crippen LogP contribution is -2.52. The number of ether oxygens (including phenoxy) is 1. The SMILES string of the molecule is CC(C)C(C)OC(=O)N1CCN(C2C#CC=C(B(O)O)CC2)CC1.